The van der Waals surface area contributed by atoms with E-state index in [9.17, 15) is 21.6 Å². The van der Waals surface area contributed by atoms with Crippen LogP contribution in [0.25, 0.3) is 0 Å². The molecule has 0 N–H and O–H groups in total. The van der Waals surface area contributed by atoms with E-state index in [1.54, 1.807) is 0 Å². The fourth-order valence-electron chi connectivity index (χ4n) is 1.11. The van der Waals surface area contributed by atoms with E-state index in [4.69, 9.17) is 0 Å². The summed E-state index contributed by atoms with van der Waals surface area (Å²) in [5.74, 6) is 0. The van der Waals surface area contributed by atoms with Gasteiger partial charge in [0, 0.05) is 10.7 Å². The lowest BCUT2D eigenvalue weighted by atomic mass is 10.2. The summed E-state index contributed by atoms with van der Waals surface area (Å²) < 4.78 is 59.7. The van der Waals surface area contributed by atoms with Gasteiger partial charge >= 0.3 is 6.18 Å². The average Bonchev–Trinajstić information content (AvgIpc) is 1.99. The SMILES string of the molecule is CS(=O)(=O)c1c(Br)cccc1C(F)(F)F. The number of benzene rings is 1. The van der Waals surface area contributed by atoms with Crippen molar-refractivity contribution in [2.75, 3.05) is 6.26 Å². The molecule has 2 nitrogen and oxygen atoms in total. The van der Waals surface area contributed by atoms with Gasteiger partial charge in [-0.05, 0) is 28.1 Å². The summed E-state index contributed by atoms with van der Waals surface area (Å²) in [6.45, 7) is 0. The molecular weight excluding hydrogens is 297 g/mol. The molecule has 0 atom stereocenters. The summed E-state index contributed by atoms with van der Waals surface area (Å²) in [7, 11) is -3.91. The standard InChI is InChI=1S/C8H6BrF3O2S/c1-15(13,14)7-5(8(10,11)12)3-2-4-6(7)9/h2-4H,1H3. The molecule has 84 valence electrons. The van der Waals surface area contributed by atoms with E-state index < -0.39 is 26.5 Å². The molecule has 1 rings (SSSR count). The molecule has 15 heavy (non-hydrogen) atoms. The van der Waals surface area contributed by atoms with E-state index in [2.05, 4.69) is 15.9 Å². The first-order valence-corrected chi connectivity index (χ1v) is 6.38. The van der Waals surface area contributed by atoms with E-state index in [1.165, 1.54) is 6.07 Å². The van der Waals surface area contributed by atoms with E-state index in [0.717, 1.165) is 18.4 Å². The summed E-state index contributed by atoms with van der Waals surface area (Å²) in [6, 6.07) is 3.13. The third-order valence-corrected chi connectivity index (χ3v) is 3.75. The minimum Gasteiger partial charge on any atom is -0.224 e. The molecule has 0 aliphatic carbocycles. The lowest BCUT2D eigenvalue weighted by Gasteiger charge is -2.12. The van der Waals surface area contributed by atoms with Crippen molar-refractivity contribution < 1.29 is 21.6 Å². The molecule has 0 heterocycles. The van der Waals surface area contributed by atoms with Crippen LogP contribution in [-0.4, -0.2) is 14.7 Å². The number of sulfone groups is 1. The van der Waals surface area contributed by atoms with Gasteiger partial charge in [-0.3, -0.25) is 0 Å². The molecule has 7 heteroatoms. The zero-order valence-electron chi connectivity index (χ0n) is 7.47. The monoisotopic (exact) mass is 302 g/mol. The van der Waals surface area contributed by atoms with Crippen molar-refractivity contribution >= 4 is 25.8 Å². The Bertz CT molecular complexity index is 479. The van der Waals surface area contributed by atoms with Crippen LogP contribution in [0.5, 0.6) is 0 Å². The molecule has 0 saturated heterocycles. The van der Waals surface area contributed by atoms with E-state index >= 15 is 0 Å². The van der Waals surface area contributed by atoms with Crippen LogP contribution in [0.4, 0.5) is 13.2 Å². The van der Waals surface area contributed by atoms with Gasteiger partial charge in [0.05, 0.1) is 10.5 Å². The Balaban J connectivity index is 3.63. The van der Waals surface area contributed by atoms with Crippen molar-refractivity contribution in [3.8, 4) is 0 Å². The Morgan fingerprint density at radius 1 is 1.27 bits per heavy atom. The maximum Gasteiger partial charge on any atom is 0.417 e. The van der Waals surface area contributed by atoms with Gasteiger partial charge in [-0.2, -0.15) is 13.2 Å². The van der Waals surface area contributed by atoms with Crippen molar-refractivity contribution in [2.45, 2.75) is 11.1 Å². The van der Waals surface area contributed by atoms with Crippen LogP contribution in [0.15, 0.2) is 27.6 Å². The van der Waals surface area contributed by atoms with Crippen LogP contribution >= 0.6 is 15.9 Å². The van der Waals surface area contributed by atoms with Gasteiger partial charge in [0.25, 0.3) is 0 Å². The largest absolute Gasteiger partial charge is 0.417 e. The third kappa shape index (κ3) is 2.72. The number of alkyl halides is 3. The molecule has 1 aromatic carbocycles. The predicted octanol–water partition coefficient (Wildman–Crippen LogP) is 2.87. The fourth-order valence-corrected chi connectivity index (χ4v) is 3.36. The maximum atomic E-state index is 12.5. The lowest BCUT2D eigenvalue weighted by molar-refractivity contribution is -0.139. The molecule has 0 bridgehead atoms. The second kappa shape index (κ2) is 3.79. The van der Waals surface area contributed by atoms with Crippen LogP contribution < -0.4 is 0 Å². The summed E-state index contributed by atoms with van der Waals surface area (Å²) >= 11 is 2.80. The zero-order valence-corrected chi connectivity index (χ0v) is 9.87. The zero-order chi connectivity index (χ0) is 11.9. The minimum absolute atomic E-state index is 0.0835. The van der Waals surface area contributed by atoms with Crippen LogP contribution in [0.1, 0.15) is 5.56 Å². The van der Waals surface area contributed by atoms with Gasteiger partial charge in [0.1, 0.15) is 0 Å². The van der Waals surface area contributed by atoms with Crippen molar-refractivity contribution in [3.63, 3.8) is 0 Å². The topological polar surface area (TPSA) is 34.1 Å². The van der Waals surface area contributed by atoms with Gasteiger partial charge < -0.3 is 0 Å². The first-order chi connectivity index (χ1) is 6.64. The second-order valence-corrected chi connectivity index (χ2v) is 5.69. The molecule has 0 aliphatic heterocycles. The Hall–Kier alpha value is -0.560. The lowest BCUT2D eigenvalue weighted by Crippen LogP contribution is -2.12. The highest BCUT2D eigenvalue weighted by Gasteiger charge is 2.36. The highest BCUT2D eigenvalue weighted by Crippen LogP contribution is 2.37. The second-order valence-electron chi connectivity index (χ2n) is 2.89. The summed E-state index contributed by atoms with van der Waals surface area (Å²) in [5, 5.41) is 0. The van der Waals surface area contributed by atoms with Crippen molar-refractivity contribution in [1.82, 2.24) is 0 Å². The molecule has 0 unspecified atom stereocenters. The molecule has 0 aliphatic rings. The molecule has 0 amide bonds. The molecule has 1 aromatic rings. The first-order valence-electron chi connectivity index (χ1n) is 3.70. The number of rotatable bonds is 1. The van der Waals surface area contributed by atoms with Gasteiger partial charge in [-0.15, -0.1) is 0 Å². The Kier molecular flexibility index (Phi) is 3.16. The van der Waals surface area contributed by atoms with Gasteiger partial charge in [0.2, 0.25) is 0 Å². The first kappa shape index (κ1) is 12.5. The van der Waals surface area contributed by atoms with E-state index in [0.29, 0.717) is 0 Å². The normalized spacial score (nSPS) is 12.9. The third-order valence-electron chi connectivity index (χ3n) is 1.64. The molecule has 0 saturated carbocycles. The van der Waals surface area contributed by atoms with Crippen molar-refractivity contribution in [3.05, 3.63) is 28.2 Å². The average molecular weight is 303 g/mol. The number of hydrogen-bond acceptors (Lipinski definition) is 2. The highest BCUT2D eigenvalue weighted by atomic mass is 79.9. The summed E-state index contributed by atoms with van der Waals surface area (Å²) in [5.41, 5.74) is -1.15. The summed E-state index contributed by atoms with van der Waals surface area (Å²) in [4.78, 5) is -0.725. The van der Waals surface area contributed by atoms with E-state index in [-0.39, 0.29) is 4.47 Å². The fraction of sp³-hybridized carbons (Fsp3) is 0.250. The molecule has 0 spiro atoms. The van der Waals surface area contributed by atoms with Crippen LogP contribution in [0, 0.1) is 0 Å². The Labute approximate surface area is 93.2 Å². The minimum atomic E-state index is -4.68. The number of halogens is 4. The predicted molar refractivity (Wildman–Crippen MR) is 52.3 cm³/mol. The van der Waals surface area contributed by atoms with Crippen molar-refractivity contribution in [1.29, 1.82) is 0 Å². The Morgan fingerprint density at radius 3 is 2.13 bits per heavy atom. The molecule has 0 aromatic heterocycles. The van der Waals surface area contributed by atoms with Gasteiger partial charge in [-0.25, -0.2) is 8.42 Å². The van der Waals surface area contributed by atoms with Crippen LogP contribution in [0.3, 0.4) is 0 Å². The Morgan fingerprint density at radius 2 is 1.80 bits per heavy atom. The summed E-state index contributed by atoms with van der Waals surface area (Å²) in [6.07, 6.45) is -3.94. The quantitative estimate of drug-likeness (QED) is 0.799. The molecule has 0 radical (unpaired) electrons. The van der Waals surface area contributed by atoms with Gasteiger partial charge in [0.15, 0.2) is 9.84 Å². The van der Waals surface area contributed by atoms with Crippen LogP contribution in [0.2, 0.25) is 0 Å². The number of hydrogen-bond donors (Lipinski definition) is 0. The van der Waals surface area contributed by atoms with Crippen molar-refractivity contribution in [2.24, 2.45) is 0 Å². The molecule has 0 fully saturated rings. The molecular formula is C8H6BrF3O2S. The highest BCUT2D eigenvalue weighted by molar-refractivity contribution is 9.10. The maximum absolute atomic E-state index is 12.5. The van der Waals surface area contributed by atoms with Gasteiger partial charge in [-0.1, -0.05) is 6.07 Å². The van der Waals surface area contributed by atoms with Crippen LogP contribution in [-0.2, 0) is 16.0 Å². The smallest absolute Gasteiger partial charge is 0.224 e. The van der Waals surface area contributed by atoms with E-state index in [1.807, 2.05) is 0 Å².